The lowest BCUT2D eigenvalue weighted by Crippen LogP contribution is -2.48. The minimum absolute atomic E-state index is 0.0475. The third-order valence-corrected chi connectivity index (χ3v) is 3.92. The quantitative estimate of drug-likeness (QED) is 0.782. The lowest BCUT2D eigenvalue weighted by atomic mass is 9.95. The molecule has 6 heteroatoms. The summed E-state index contributed by atoms with van der Waals surface area (Å²) in [5, 5.41) is 3.86. The van der Waals surface area contributed by atoms with Crippen molar-refractivity contribution in [3.05, 3.63) is 10.6 Å². The molecule has 1 aromatic rings. The molecule has 5 nitrogen and oxygen atoms in total. The Morgan fingerprint density at radius 2 is 2.38 bits per heavy atom. The molecular weight excluding hydrogens is 224 g/mol. The van der Waals surface area contributed by atoms with Gasteiger partial charge in [0.2, 0.25) is 0 Å². The molecule has 1 fully saturated rings. The van der Waals surface area contributed by atoms with Gasteiger partial charge in [0, 0.05) is 19.1 Å². The lowest BCUT2D eigenvalue weighted by Gasteiger charge is -2.34. The van der Waals surface area contributed by atoms with Crippen molar-refractivity contribution in [2.45, 2.75) is 26.3 Å². The molecule has 2 atom stereocenters. The standard InChI is InChI=1S/C10H16N4OS/c1-6-5-14(4-3-8(6)11)10(15)9-7(2)12-13-16-9/h6,8H,3-5,11H2,1-2H3. The number of carbonyl (C=O) groups excluding carboxylic acids is 1. The molecule has 0 aromatic carbocycles. The van der Waals surface area contributed by atoms with Crippen LogP contribution in [0.15, 0.2) is 0 Å². The third-order valence-electron chi connectivity index (χ3n) is 3.10. The normalized spacial score (nSPS) is 25.8. The summed E-state index contributed by atoms with van der Waals surface area (Å²) < 4.78 is 3.79. The van der Waals surface area contributed by atoms with Crippen molar-refractivity contribution in [3.63, 3.8) is 0 Å². The zero-order chi connectivity index (χ0) is 11.7. The van der Waals surface area contributed by atoms with E-state index in [1.165, 1.54) is 11.5 Å². The number of nitrogens with zero attached hydrogens (tertiary/aromatic N) is 3. The highest BCUT2D eigenvalue weighted by Gasteiger charge is 2.28. The van der Waals surface area contributed by atoms with Gasteiger partial charge in [-0.05, 0) is 30.8 Å². The van der Waals surface area contributed by atoms with E-state index in [0.717, 1.165) is 25.2 Å². The van der Waals surface area contributed by atoms with Gasteiger partial charge in [-0.3, -0.25) is 4.79 Å². The predicted molar refractivity (Wildman–Crippen MR) is 62.3 cm³/mol. The smallest absolute Gasteiger partial charge is 0.267 e. The summed E-state index contributed by atoms with van der Waals surface area (Å²) in [6.45, 7) is 5.37. The number of aromatic nitrogens is 2. The van der Waals surface area contributed by atoms with E-state index in [1.54, 1.807) is 0 Å². The fourth-order valence-electron chi connectivity index (χ4n) is 1.92. The Morgan fingerprint density at radius 3 is 2.94 bits per heavy atom. The van der Waals surface area contributed by atoms with E-state index in [9.17, 15) is 4.79 Å². The molecule has 88 valence electrons. The summed E-state index contributed by atoms with van der Waals surface area (Å²) in [7, 11) is 0. The van der Waals surface area contributed by atoms with Crippen molar-refractivity contribution >= 4 is 17.4 Å². The van der Waals surface area contributed by atoms with Crippen LogP contribution in [0.5, 0.6) is 0 Å². The largest absolute Gasteiger partial charge is 0.337 e. The van der Waals surface area contributed by atoms with E-state index in [0.29, 0.717) is 10.8 Å². The zero-order valence-electron chi connectivity index (χ0n) is 9.51. The van der Waals surface area contributed by atoms with E-state index >= 15 is 0 Å². The lowest BCUT2D eigenvalue weighted by molar-refractivity contribution is 0.0668. The average molecular weight is 240 g/mol. The van der Waals surface area contributed by atoms with Gasteiger partial charge in [0.15, 0.2) is 0 Å². The number of rotatable bonds is 1. The van der Waals surface area contributed by atoms with Crippen LogP contribution in [-0.2, 0) is 0 Å². The number of carbonyl (C=O) groups is 1. The molecule has 1 amide bonds. The van der Waals surface area contributed by atoms with E-state index in [-0.39, 0.29) is 11.9 Å². The molecule has 0 bridgehead atoms. The Hall–Kier alpha value is -1.01. The number of nitrogens with two attached hydrogens (primary N) is 1. The molecule has 1 saturated heterocycles. The Morgan fingerprint density at radius 1 is 1.62 bits per heavy atom. The van der Waals surface area contributed by atoms with Crippen molar-refractivity contribution in [2.24, 2.45) is 11.7 Å². The number of aryl methyl sites for hydroxylation is 1. The number of hydrogen-bond acceptors (Lipinski definition) is 5. The summed E-state index contributed by atoms with van der Waals surface area (Å²) in [4.78, 5) is 14.7. The maximum atomic E-state index is 12.1. The molecule has 2 rings (SSSR count). The second-order valence-corrected chi connectivity index (χ2v) is 5.12. The Bertz CT molecular complexity index is 392. The second-order valence-electron chi connectivity index (χ2n) is 4.37. The van der Waals surface area contributed by atoms with Gasteiger partial charge in [-0.25, -0.2) is 0 Å². The van der Waals surface area contributed by atoms with Crippen LogP contribution in [0.25, 0.3) is 0 Å². The van der Waals surface area contributed by atoms with Crippen molar-refractivity contribution in [1.29, 1.82) is 0 Å². The molecule has 2 N–H and O–H groups in total. The molecule has 0 spiro atoms. The molecule has 0 radical (unpaired) electrons. The van der Waals surface area contributed by atoms with E-state index in [2.05, 4.69) is 16.5 Å². The summed E-state index contributed by atoms with van der Waals surface area (Å²) in [5.41, 5.74) is 6.65. The SMILES string of the molecule is Cc1nnsc1C(=O)N1CCC(N)C(C)C1. The zero-order valence-corrected chi connectivity index (χ0v) is 10.3. The topological polar surface area (TPSA) is 72.1 Å². The van der Waals surface area contributed by atoms with Gasteiger partial charge >= 0.3 is 0 Å². The number of piperidine rings is 1. The van der Waals surface area contributed by atoms with Gasteiger partial charge in [-0.15, -0.1) is 5.10 Å². The highest BCUT2D eigenvalue weighted by atomic mass is 32.1. The summed E-state index contributed by atoms with van der Waals surface area (Å²) >= 11 is 1.17. The van der Waals surface area contributed by atoms with Gasteiger partial charge < -0.3 is 10.6 Å². The number of hydrogen-bond donors (Lipinski definition) is 1. The van der Waals surface area contributed by atoms with Crippen molar-refractivity contribution < 1.29 is 4.79 Å². The van der Waals surface area contributed by atoms with Gasteiger partial charge in [0.05, 0.1) is 5.69 Å². The monoisotopic (exact) mass is 240 g/mol. The van der Waals surface area contributed by atoms with Gasteiger partial charge in [-0.1, -0.05) is 11.4 Å². The first-order chi connectivity index (χ1) is 7.59. The van der Waals surface area contributed by atoms with Crippen LogP contribution in [0.4, 0.5) is 0 Å². The average Bonchev–Trinajstić information content (AvgIpc) is 2.67. The highest BCUT2D eigenvalue weighted by molar-refractivity contribution is 7.07. The van der Waals surface area contributed by atoms with E-state index in [4.69, 9.17) is 5.73 Å². The van der Waals surface area contributed by atoms with Gasteiger partial charge in [0.1, 0.15) is 4.88 Å². The van der Waals surface area contributed by atoms with Gasteiger partial charge in [-0.2, -0.15) is 0 Å². The predicted octanol–water partition coefficient (Wildman–Crippen LogP) is 0.656. The molecule has 2 heterocycles. The third kappa shape index (κ3) is 2.08. The van der Waals surface area contributed by atoms with Crippen LogP contribution in [-0.4, -0.2) is 39.5 Å². The first-order valence-electron chi connectivity index (χ1n) is 5.43. The molecule has 0 saturated carbocycles. The Kier molecular flexibility index (Phi) is 3.20. The minimum atomic E-state index is 0.0475. The Balaban J connectivity index is 2.09. The van der Waals surface area contributed by atoms with Crippen LogP contribution >= 0.6 is 11.5 Å². The Labute approximate surface area is 98.8 Å². The molecule has 2 unspecified atom stereocenters. The maximum absolute atomic E-state index is 12.1. The first-order valence-corrected chi connectivity index (χ1v) is 6.20. The summed E-state index contributed by atoms with van der Waals surface area (Å²) in [6.07, 6.45) is 0.873. The highest BCUT2D eigenvalue weighted by Crippen LogP contribution is 2.19. The van der Waals surface area contributed by atoms with Crippen LogP contribution in [0.1, 0.15) is 28.7 Å². The number of amides is 1. The molecular formula is C10H16N4OS. The minimum Gasteiger partial charge on any atom is -0.337 e. The summed E-state index contributed by atoms with van der Waals surface area (Å²) in [6, 6.07) is 0.213. The molecule has 1 aliphatic heterocycles. The van der Waals surface area contributed by atoms with Crippen molar-refractivity contribution in [1.82, 2.24) is 14.5 Å². The number of likely N-dealkylation sites (tertiary alicyclic amines) is 1. The van der Waals surface area contributed by atoms with Crippen molar-refractivity contribution in [2.75, 3.05) is 13.1 Å². The van der Waals surface area contributed by atoms with Crippen LogP contribution < -0.4 is 5.73 Å². The maximum Gasteiger partial charge on any atom is 0.267 e. The second kappa shape index (κ2) is 4.47. The molecule has 16 heavy (non-hydrogen) atoms. The van der Waals surface area contributed by atoms with Crippen LogP contribution in [0.3, 0.4) is 0 Å². The van der Waals surface area contributed by atoms with E-state index in [1.807, 2.05) is 11.8 Å². The van der Waals surface area contributed by atoms with Gasteiger partial charge in [0.25, 0.3) is 5.91 Å². The van der Waals surface area contributed by atoms with Crippen LogP contribution in [0.2, 0.25) is 0 Å². The summed E-state index contributed by atoms with van der Waals surface area (Å²) in [5.74, 6) is 0.408. The first kappa shape index (κ1) is 11.5. The molecule has 1 aromatic heterocycles. The van der Waals surface area contributed by atoms with E-state index < -0.39 is 0 Å². The fourth-order valence-corrected chi connectivity index (χ4v) is 2.54. The molecule has 0 aliphatic carbocycles. The molecule has 1 aliphatic rings. The van der Waals surface area contributed by atoms with Crippen LogP contribution in [0, 0.1) is 12.8 Å². The fraction of sp³-hybridized carbons (Fsp3) is 0.700. The van der Waals surface area contributed by atoms with Crippen molar-refractivity contribution in [3.8, 4) is 0 Å².